The summed E-state index contributed by atoms with van der Waals surface area (Å²) in [7, 11) is 0. The number of ether oxygens (including phenoxy) is 3. The molecule has 1 saturated heterocycles. The van der Waals surface area contributed by atoms with Gasteiger partial charge in [-0.25, -0.2) is 4.79 Å². The number of nitrogens with one attached hydrogen (secondary N) is 1. The first-order valence-corrected chi connectivity index (χ1v) is 8.50. The van der Waals surface area contributed by atoms with E-state index < -0.39 is 0 Å². The molecule has 0 spiro atoms. The first-order valence-electron chi connectivity index (χ1n) is 8.50. The largest absolute Gasteiger partial charge is 0.486 e. The Morgan fingerprint density at radius 2 is 1.76 bits per heavy atom. The highest BCUT2D eigenvalue weighted by molar-refractivity contribution is 5.81. The molecule has 1 aromatic rings. The maximum atomic E-state index is 12.3. The van der Waals surface area contributed by atoms with Crippen molar-refractivity contribution in [2.24, 2.45) is 0 Å². The topological polar surface area (TPSA) is 80.3 Å². The maximum absolute atomic E-state index is 12.3. The van der Waals surface area contributed by atoms with Crippen molar-refractivity contribution in [2.75, 3.05) is 57.9 Å². The number of benzene rings is 1. The van der Waals surface area contributed by atoms with Gasteiger partial charge in [-0.15, -0.1) is 0 Å². The molecule has 8 nitrogen and oxygen atoms in total. The van der Waals surface area contributed by atoms with Gasteiger partial charge < -0.3 is 29.3 Å². The molecule has 0 bridgehead atoms. The number of anilines is 1. The first kappa shape index (κ1) is 17.2. The number of nitrogens with zero attached hydrogens (tertiary/aromatic N) is 2. The number of fused-ring (bicyclic) bond motifs is 1. The molecule has 0 unspecified atom stereocenters. The zero-order valence-electron chi connectivity index (χ0n) is 14.3. The summed E-state index contributed by atoms with van der Waals surface area (Å²) >= 11 is 0. The highest BCUT2D eigenvalue weighted by Gasteiger charge is 2.24. The Balaban J connectivity index is 1.46. The Kier molecular flexibility index (Phi) is 5.47. The Morgan fingerprint density at radius 1 is 1.08 bits per heavy atom. The van der Waals surface area contributed by atoms with Crippen LogP contribution in [0.15, 0.2) is 18.2 Å². The van der Waals surface area contributed by atoms with E-state index >= 15 is 0 Å². The van der Waals surface area contributed by atoms with Crippen molar-refractivity contribution < 1.29 is 23.8 Å². The van der Waals surface area contributed by atoms with E-state index in [0.717, 1.165) is 11.4 Å². The molecule has 1 aromatic carbocycles. The van der Waals surface area contributed by atoms with Gasteiger partial charge >= 0.3 is 6.09 Å². The molecule has 0 aromatic heterocycles. The van der Waals surface area contributed by atoms with E-state index in [1.165, 1.54) is 0 Å². The van der Waals surface area contributed by atoms with Gasteiger partial charge in [0.15, 0.2) is 11.5 Å². The highest BCUT2D eigenvalue weighted by atomic mass is 16.6. The predicted octanol–water partition coefficient (Wildman–Crippen LogP) is 1.17. The summed E-state index contributed by atoms with van der Waals surface area (Å²) < 4.78 is 16.0. The lowest BCUT2D eigenvalue weighted by atomic mass is 10.2. The van der Waals surface area contributed by atoms with E-state index in [-0.39, 0.29) is 18.5 Å². The van der Waals surface area contributed by atoms with Gasteiger partial charge in [0.05, 0.1) is 13.2 Å². The Labute approximate surface area is 146 Å². The summed E-state index contributed by atoms with van der Waals surface area (Å²) in [6.07, 6.45) is -0.316. The number of carbonyl (C=O) groups excluding carboxylic acids is 2. The van der Waals surface area contributed by atoms with Crippen molar-refractivity contribution in [1.29, 1.82) is 0 Å². The monoisotopic (exact) mass is 349 g/mol. The van der Waals surface area contributed by atoms with Crippen LogP contribution in [0.25, 0.3) is 0 Å². The Morgan fingerprint density at radius 3 is 2.48 bits per heavy atom. The number of piperazine rings is 1. The molecule has 2 aliphatic heterocycles. The minimum absolute atomic E-state index is 0.00148. The van der Waals surface area contributed by atoms with Gasteiger partial charge in [-0.3, -0.25) is 4.79 Å². The van der Waals surface area contributed by atoms with Crippen molar-refractivity contribution in [3.8, 4) is 11.5 Å². The molecule has 2 heterocycles. The van der Waals surface area contributed by atoms with Crippen molar-refractivity contribution in [1.82, 2.24) is 9.80 Å². The quantitative estimate of drug-likeness (QED) is 0.879. The molecule has 1 fully saturated rings. The van der Waals surface area contributed by atoms with Crippen molar-refractivity contribution in [2.45, 2.75) is 6.92 Å². The maximum Gasteiger partial charge on any atom is 0.409 e. The van der Waals surface area contributed by atoms with Crippen LogP contribution in [0.3, 0.4) is 0 Å². The molecule has 136 valence electrons. The van der Waals surface area contributed by atoms with Gasteiger partial charge in [0.1, 0.15) is 13.2 Å². The van der Waals surface area contributed by atoms with Gasteiger partial charge in [-0.2, -0.15) is 0 Å². The van der Waals surface area contributed by atoms with Gasteiger partial charge in [0, 0.05) is 37.9 Å². The molecule has 0 radical (unpaired) electrons. The minimum Gasteiger partial charge on any atom is -0.486 e. The molecule has 0 aliphatic carbocycles. The van der Waals surface area contributed by atoms with E-state index in [1.54, 1.807) is 16.7 Å². The van der Waals surface area contributed by atoms with Crippen LogP contribution in [0, 0.1) is 0 Å². The summed E-state index contributed by atoms with van der Waals surface area (Å²) in [5.74, 6) is 1.41. The Hall–Kier alpha value is -2.64. The minimum atomic E-state index is -0.316. The molecule has 0 saturated carbocycles. The van der Waals surface area contributed by atoms with Crippen molar-refractivity contribution in [3.05, 3.63) is 18.2 Å². The van der Waals surface area contributed by atoms with Gasteiger partial charge in [-0.05, 0) is 19.1 Å². The third kappa shape index (κ3) is 4.26. The van der Waals surface area contributed by atoms with E-state index in [0.29, 0.717) is 51.7 Å². The van der Waals surface area contributed by atoms with Crippen molar-refractivity contribution in [3.63, 3.8) is 0 Å². The highest BCUT2D eigenvalue weighted by Crippen LogP contribution is 2.32. The van der Waals surface area contributed by atoms with Crippen LogP contribution in [0.1, 0.15) is 6.92 Å². The fraction of sp³-hybridized carbons (Fsp3) is 0.529. The molecule has 0 atom stereocenters. The molecular weight excluding hydrogens is 326 g/mol. The fourth-order valence-electron chi connectivity index (χ4n) is 2.80. The van der Waals surface area contributed by atoms with E-state index in [2.05, 4.69) is 5.32 Å². The summed E-state index contributed by atoms with van der Waals surface area (Å²) in [5.41, 5.74) is 0.808. The second kappa shape index (κ2) is 7.96. The molecule has 8 heteroatoms. The van der Waals surface area contributed by atoms with Crippen LogP contribution < -0.4 is 14.8 Å². The van der Waals surface area contributed by atoms with Crippen molar-refractivity contribution >= 4 is 17.7 Å². The molecule has 2 aliphatic rings. The predicted molar refractivity (Wildman–Crippen MR) is 91.1 cm³/mol. The lowest BCUT2D eigenvalue weighted by Crippen LogP contribution is -2.51. The summed E-state index contributed by atoms with van der Waals surface area (Å²) in [6.45, 7) is 5.43. The third-order valence-corrected chi connectivity index (χ3v) is 4.14. The summed E-state index contributed by atoms with van der Waals surface area (Å²) in [6, 6.07) is 5.53. The van der Waals surface area contributed by atoms with Crippen LogP contribution in [0.2, 0.25) is 0 Å². The zero-order valence-corrected chi connectivity index (χ0v) is 14.3. The average molecular weight is 349 g/mol. The van der Waals surface area contributed by atoms with Gasteiger partial charge in [0.25, 0.3) is 0 Å². The number of rotatable bonds is 4. The second-order valence-corrected chi connectivity index (χ2v) is 5.78. The Bertz CT molecular complexity index is 629. The van der Waals surface area contributed by atoms with Crippen LogP contribution >= 0.6 is 0 Å². The van der Waals surface area contributed by atoms with E-state index in [1.807, 2.05) is 18.2 Å². The third-order valence-electron chi connectivity index (χ3n) is 4.14. The molecular formula is C17H23N3O5. The fourth-order valence-corrected chi connectivity index (χ4v) is 2.80. The second-order valence-electron chi connectivity index (χ2n) is 5.78. The van der Waals surface area contributed by atoms with Crippen LogP contribution in [-0.2, 0) is 9.53 Å². The molecule has 3 rings (SSSR count). The van der Waals surface area contributed by atoms with Crippen LogP contribution in [-0.4, -0.2) is 74.3 Å². The molecule has 25 heavy (non-hydrogen) atoms. The van der Waals surface area contributed by atoms with Crippen LogP contribution in [0.5, 0.6) is 11.5 Å². The molecule has 2 amide bonds. The number of hydrogen-bond acceptors (Lipinski definition) is 6. The average Bonchev–Trinajstić information content (AvgIpc) is 2.66. The number of carbonyl (C=O) groups is 2. The van der Waals surface area contributed by atoms with Gasteiger partial charge in [-0.1, -0.05) is 0 Å². The molecule has 1 N–H and O–H groups in total. The zero-order chi connectivity index (χ0) is 17.6. The van der Waals surface area contributed by atoms with E-state index in [9.17, 15) is 9.59 Å². The normalized spacial score (nSPS) is 16.4. The SMILES string of the molecule is CCOC(=O)N1CCN(C(=O)CNc2ccc3c(c2)OCCO3)CC1. The number of amides is 2. The smallest absolute Gasteiger partial charge is 0.409 e. The lowest BCUT2D eigenvalue weighted by Gasteiger charge is -2.34. The van der Waals surface area contributed by atoms with Crippen LogP contribution in [0.4, 0.5) is 10.5 Å². The first-order chi connectivity index (χ1) is 12.2. The summed E-state index contributed by atoms with van der Waals surface area (Å²) in [5, 5.41) is 3.11. The van der Waals surface area contributed by atoms with Gasteiger partial charge in [0.2, 0.25) is 5.91 Å². The lowest BCUT2D eigenvalue weighted by molar-refractivity contribution is -0.130. The van der Waals surface area contributed by atoms with E-state index in [4.69, 9.17) is 14.2 Å². The summed E-state index contributed by atoms with van der Waals surface area (Å²) in [4.78, 5) is 27.4. The standard InChI is InChI=1S/C17H23N3O5/c1-2-23-17(22)20-7-5-19(6-8-20)16(21)12-18-13-3-4-14-15(11-13)25-10-9-24-14/h3-4,11,18H,2,5-10,12H2,1H3. The number of hydrogen-bond donors (Lipinski definition) is 1.